The van der Waals surface area contributed by atoms with E-state index >= 15 is 0 Å². The Morgan fingerprint density at radius 1 is 0.571 bits per heavy atom. The molecule has 0 atom stereocenters. The van der Waals surface area contributed by atoms with Crippen molar-refractivity contribution in [2.24, 2.45) is 0 Å². The van der Waals surface area contributed by atoms with Crippen molar-refractivity contribution in [2.45, 2.75) is 51.4 Å². The smallest absolute Gasteiger partial charge is 0.335 e. The molecule has 2 aliphatic carbocycles. The predicted octanol–water partition coefficient (Wildman–Crippen LogP) is 8.63. The quantitative estimate of drug-likeness (QED) is 0.130. The molecular weight excluding hydrogens is 520 g/mol. The second-order valence-electron chi connectivity index (χ2n) is 10.9. The molecule has 0 aromatic heterocycles. The second kappa shape index (κ2) is 12.0. The van der Waals surface area contributed by atoms with Crippen LogP contribution in [0.3, 0.4) is 0 Å². The number of carbonyl (C=O) groups excluding carboxylic acids is 2. The summed E-state index contributed by atoms with van der Waals surface area (Å²) in [6, 6.07) is 24.4. The van der Waals surface area contributed by atoms with Crippen molar-refractivity contribution in [1.82, 2.24) is 0 Å². The molecule has 0 saturated heterocycles. The fourth-order valence-electron chi connectivity index (χ4n) is 6.46. The van der Waals surface area contributed by atoms with E-state index in [9.17, 15) is 9.59 Å². The molecule has 4 aromatic rings. The minimum atomic E-state index is -0.526. The van der Waals surface area contributed by atoms with Gasteiger partial charge in [-0.25, -0.2) is 9.59 Å². The van der Waals surface area contributed by atoms with Gasteiger partial charge in [0.15, 0.2) is 0 Å². The van der Waals surface area contributed by atoms with Gasteiger partial charge < -0.3 is 9.47 Å². The van der Waals surface area contributed by atoms with Gasteiger partial charge in [-0.2, -0.15) is 0 Å². The predicted molar refractivity (Wildman–Crippen MR) is 168 cm³/mol. The van der Waals surface area contributed by atoms with Crippen LogP contribution in [0.25, 0.3) is 33.4 Å². The minimum Gasteiger partial charge on any atom is -0.422 e. The summed E-state index contributed by atoms with van der Waals surface area (Å²) in [5.74, 6) is -0.0786. The summed E-state index contributed by atoms with van der Waals surface area (Å²) in [4.78, 5) is 25.9. The van der Waals surface area contributed by atoms with Gasteiger partial charge in [-0.05, 0) is 96.9 Å². The fraction of sp³-hybridized carbons (Fsp3) is 0.211. The van der Waals surface area contributed by atoms with Crippen molar-refractivity contribution in [1.29, 1.82) is 0 Å². The molecule has 0 fully saturated rings. The molecule has 0 spiro atoms. The number of aryl methyl sites for hydroxylation is 2. The molecule has 0 aliphatic heterocycles. The lowest BCUT2D eigenvalue weighted by Gasteiger charge is -2.30. The molecule has 0 heterocycles. The Balaban J connectivity index is 1.78. The van der Waals surface area contributed by atoms with Crippen LogP contribution in [0.4, 0.5) is 0 Å². The zero-order chi connectivity index (χ0) is 29.1. The first kappa shape index (κ1) is 27.5. The van der Waals surface area contributed by atoms with Gasteiger partial charge in [-0.15, -0.1) is 0 Å². The van der Waals surface area contributed by atoms with Gasteiger partial charge in [0.05, 0.1) is 0 Å². The molecule has 0 bridgehead atoms. The average molecular weight is 555 g/mol. The molecule has 2 aliphatic rings. The lowest BCUT2D eigenvalue weighted by atomic mass is 9.77. The summed E-state index contributed by atoms with van der Waals surface area (Å²) < 4.78 is 12.4. The first-order chi connectivity index (χ1) is 20.6. The molecule has 210 valence electrons. The summed E-state index contributed by atoms with van der Waals surface area (Å²) in [5, 5.41) is 0. The van der Waals surface area contributed by atoms with Crippen molar-refractivity contribution in [3.8, 4) is 44.9 Å². The van der Waals surface area contributed by atoms with Gasteiger partial charge in [0.25, 0.3) is 0 Å². The van der Waals surface area contributed by atoms with Crippen LogP contribution >= 0.6 is 0 Å². The molecule has 0 radical (unpaired) electrons. The molecule has 0 saturated carbocycles. The van der Waals surface area contributed by atoms with Gasteiger partial charge >= 0.3 is 11.9 Å². The fourth-order valence-corrected chi connectivity index (χ4v) is 6.46. The van der Waals surface area contributed by atoms with Crippen molar-refractivity contribution >= 4 is 11.9 Å². The largest absolute Gasteiger partial charge is 0.422 e. The number of rotatable bonds is 7. The van der Waals surface area contributed by atoms with E-state index in [0.717, 1.165) is 95.9 Å². The maximum Gasteiger partial charge on any atom is 0.335 e. The minimum absolute atomic E-state index is 0.487. The highest BCUT2D eigenvalue weighted by molar-refractivity contribution is 5.98. The molecule has 4 aromatic carbocycles. The summed E-state index contributed by atoms with van der Waals surface area (Å²) in [6.07, 6.45) is 10.2. The Morgan fingerprint density at radius 3 is 1.33 bits per heavy atom. The molecular formula is C38H34O4. The normalized spacial score (nSPS) is 13.8. The summed E-state index contributed by atoms with van der Waals surface area (Å²) in [5.41, 5.74) is 10.1. The number of esters is 2. The molecule has 4 nitrogen and oxygen atoms in total. The zero-order valence-electron chi connectivity index (χ0n) is 23.8. The molecule has 4 heteroatoms. The van der Waals surface area contributed by atoms with Crippen molar-refractivity contribution in [2.75, 3.05) is 0 Å². The maximum absolute atomic E-state index is 13.0. The Labute approximate surface area is 247 Å². The van der Waals surface area contributed by atoms with E-state index in [2.05, 4.69) is 25.3 Å². The van der Waals surface area contributed by atoms with Crippen LogP contribution in [-0.2, 0) is 35.3 Å². The lowest BCUT2D eigenvalue weighted by Crippen LogP contribution is -2.15. The third-order valence-corrected chi connectivity index (χ3v) is 8.36. The second-order valence-corrected chi connectivity index (χ2v) is 10.9. The van der Waals surface area contributed by atoms with Crippen molar-refractivity contribution in [3.63, 3.8) is 0 Å². The van der Waals surface area contributed by atoms with E-state index in [0.29, 0.717) is 11.5 Å². The van der Waals surface area contributed by atoms with Crippen LogP contribution in [0.2, 0.25) is 0 Å². The van der Waals surface area contributed by atoms with Gasteiger partial charge in [0.2, 0.25) is 0 Å². The zero-order valence-corrected chi connectivity index (χ0v) is 23.8. The van der Waals surface area contributed by atoms with Gasteiger partial charge in [-0.3, -0.25) is 0 Å². The Morgan fingerprint density at radius 2 is 0.952 bits per heavy atom. The summed E-state index contributed by atoms with van der Waals surface area (Å²) >= 11 is 0. The third kappa shape index (κ3) is 5.21. The Bertz CT molecular complexity index is 1560. The lowest BCUT2D eigenvalue weighted by molar-refractivity contribution is -0.129. The number of ether oxygens (including phenoxy) is 2. The maximum atomic E-state index is 13.0. The molecule has 0 amide bonds. The van der Waals surface area contributed by atoms with Gasteiger partial charge in [0.1, 0.15) is 11.5 Å². The van der Waals surface area contributed by atoms with E-state index in [1.165, 1.54) is 23.3 Å². The highest BCUT2D eigenvalue weighted by atomic mass is 16.5. The SMILES string of the molecule is C=CC(=O)Oc1c(-c2ccccc2)cc2c(c1-c1c3c(cc(-c4ccccc4)c1OC(=O)C=C)CCCC3)CCCC2. The first-order valence-electron chi connectivity index (χ1n) is 14.8. The first-order valence-corrected chi connectivity index (χ1v) is 14.8. The van der Waals surface area contributed by atoms with E-state index in [4.69, 9.17) is 9.47 Å². The van der Waals surface area contributed by atoms with Crippen LogP contribution in [0.15, 0.2) is 98.1 Å². The van der Waals surface area contributed by atoms with Gasteiger partial charge in [0, 0.05) is 34.4 Å². The number of fused-ring (bicyclic) bond motifs is 2. The number of benzene rings is 4. The van der Waals surface area contributed by atoms with Crippen LogP contribution in [0, 0.1) is 0 Å². The molecule has 0 unspecified atom stereocenters. The summed E-state index contributed by atoms with van der Waals surface area (Å²) in [7, 11) is 0. The van der Waals surface area contributed by atoms with E-state index in [-0.39, 0.29) is 0 Å². The molecule has 42 heavy (non-hydrogen) atoms. The van der Waals surface area contributed by atoms with Gasteiger partial charge in [-0.1, -0.05) is 73.8 Å². The third-order valence-electron chi connectivity index (χ3n) is 8.36. The number of hydrogen-bond acceptors (Lipinski definition) is 4. The van der Waals surface area contributed by atoms with E-state index in [1.54, 1.807) is 0 Å². The Hall–Kier alpha value is -4.70. The standard InChI is InChI=1S/C38H34O4/c1-3-33(39)41-37-31(25-15-7-5-8-16-25)23-27-19-11-13-21-29(27)35(37)36-30-22-14-12-20-28(30)24-32(26-17-9-6-10-18-26)38(36)42-34(40)4-2/h3-10,15-18,23-24H,1-2,11-14,19-22H2. The van der Waals surface area contributed by atoms with E-state index < -0.39 is 11.9 Å². The van der Waals surface area contributed by atoms with Crippen LogP contribution in [-0.4, -0.2) is 11.9 Å². The van der Waals surface area contributed by atoms with Crippen LogP contribution < -0.4 is 9.47 Å². The van der Waals surface area contributed by atoms with E-state index in [1.807, 2.05) is 60.7 Å². The summed E-state index contributed by atoms with van der Waals surface area (Å²) in [6.45, 7) is 7.37. The Kier molecular flexibility index (Phi) is 7.87. The van der Waals surface area contributed by atoms with Crippen LogP contribution in [0.5, 0.6) is 11.5 Å². The van der Waals surface area contributed by atoms with Crippen LogP contribution in [0.1, 0.15) is 47.9 Å². The highest BCUT2D eigenvalue weighted by Gasteiger charge is 2.32. The number of carbonyl (C=O) groups is 2. The average Bonchev–Trinajstić information content (AvgIpc) is 3.05. The molecule has 6 rings (SSSR count). The van der Waals surface area contributed by atoms with Crippen molar-refractivity contribution < 1.29 is 19.1 Å². The highest BCUT2D eigenvalue weighted by Crippen LogP contribution is 2.53. The monoisotopic (exact) mass is 554 g/mol. The number of hydrogen-bond donors (Lipinski definition) is 0. The molecule has 0 N–H and O–H groups in total. The topological polar surface area (TPSA) is 52.6 Å². The van der Waals surface area contributed by atoms with Crippen molar-refractivity contribution in [3.05, 3.63) is 120 Å².